The third-order valence-corrected chi connectivity index (χ3v) is 7.06. The molecule has 0 spiro atoms. The number of amides is 1. The zero-order chi connectivity index (χ0) is 28.6. The number of nitrogens with one attached hydrogen (secondary N) is 2. The zero-order valence-electron chi connectivity index (χ0n) is 22.6. The van der Waals surface area contributed by atoms with Crippen LogP contribution >= 0.6 is 0 Å². The lowest BCUT2D eigenvalue weighted by atomic mass is 10.2. The minimum atomic E-state index is -1.12. The number of hydrogen-bond acceptors (Lipinski definition) is 8. The summed E-state index contributed by atoms with van der Waals surface area (Å²) in [5, 5.41) is 19.8. The summed E-state index contributed by atoms with van der Waals surface area (Å²) < 4.78 is 34.5. The van der Waals surface area contributed by atoms with Gasteiger partial charge in [0.15, 0.2) is 11.6 Å². The Morgan fingerprint density at radius 3 is 2.83 bits per heavy atom. The molecule has 1 aliphatic carbocycles. The highest BCUT2D eigenvalue weighted by Crippen LogP contribution is 2.24. The van der Waals surface area contributed by atoms with Crippen molar-refractivity contribution < 1.29 is 23.4 Å². The number of aliphatic hydroxyl groups excluding tert-OH is 1. The van der Waals surface area contributed by atoms with Gasteiger partial charge in [0, 0.05) is 43.0 Å². The Labute approximate surface area is 236 Å². The van der Waals surface area contributed by atoms with Crippen LogP contribution in [0.15, 0.2) is 55.0 Å². The van der Waals surface area contributed by atoms with Crippen molar-refractivity contribution in [1.29, 1.82) is 0 Å². The van der Waals surface area contributed by atoms with Gasteiger partial charge in [-0.25, -0.2) is 18.7 Å². The molecular weight excluding hydrogens is 532 g/mol. The Morgan fingerprint density at radius 2 is 2.00 bits per heavy atom. The molecule has 0 aliphatic heterocycles. The highest BCUT2D eigenvalue weighted by Gasteiger charge is 2.21. The summed E-state index contributed by atoms with van der Waals surface area (Å²) in [5.74, 6) is -1.66. The topological polar surface area (TPSA) is 117 Å². The van der Waals surface area contributed by atoms with E-state index in [0.717, 1.165) is 24.4 Å². The molecule has 2 aromatic carbocycles. The van der Waals surface area contributed by atoms with Crippen molar-refractivity contribution >= 4 is 34.1 Å². The number of carbonyl (C=O) groups excluding carboxylic acids is 1. The van der Waals surface area contributed by atoms with Gasteiger partial charge in [0.25, 0.3) is 0 Å². The van der Waals surface area contributed by atoms with Crippen molar-refractivity contribution in [3.05, 3.63) is 66.6 Å². The van der Waals surface area contributed by atoms with Gasteiger partial charge in [-0.3, -0.25) is 14.4 Å². The lowest BCUT2D eigenvalue weighted by Gasteiger charge is -2.28. The highest BCUT2D eigenvalue weighted by atomic mass is 19.2. The Bertz CT molecular complexity index is 1480. The Balaban J connectivity index is 1.14. The number of nitrogens with zero attached hydrogens (tertiary/aromatic N) is 5. The standard InChI is InChI=1S/C29H33F2N7O3/c30-24-7-3-8-25(28(24)31)35-27(40)19-38-18-21(17-33-38)34-29-32-16-20-9-10-23(15-26(20)36-29)41-14-4-11-37(12-13-39)22-5-1-2-6-22/h3,7-10,15-18,22,39H,1-2,4-6,11-14,19H2,(H,35,40)(H,32,34,36). The van der Waals surface area contributed by atoms with Gasteiger partial charge < -0.3 is 20.5 Å². The van der Waals surface area contributed by atoms with Gasteiger partial charge in [-0.05, 0) is 43.5 Å². The first kappa shape index (κ1) is 28.4. The Hall–Kier alpha value is -4.16. The normalized spacial score (nSPS) is 13.7. The maximum absolute atomic E-state index is 13.8. The van der Waals surface area contributed by atoms with Crippen molar-refractivity contribution in [3.8, 4) is 5.75 Å². The molecule has 0 atom stereocenters. The van der Waals surface area contributed by atoms with E-state index >= 15 is 0 Å². The molecule has 1 fully saturated rings. The van der Waals surface area contributed by atoms with Crippen molar-refractivity contribution in [2.45, 2.75) is 44.7 Å². The molecule has 1 aliphatic rings. The third kappa shape index (κ3) is 7.53. The fourth-order valence-electron chi connectivity index (χ4n) is 5.07. The Morgan fingerprint density at radius 1 is 1.15 bits per heavy atom. The first-order valence-corrected chi connectivity index (χ1v) is 13.8. The van der Waals surface area contributed by atoms with Crippen LogP contribution in [0.25, 0.3) is 10.9 Å². The van der Waals surface area contributed by atoms with Gasteiger partial charge in [0.2, 0.25) is 11.9 Å². The molecule has 0 radical (unpaired) electrons. The van der Waals surface area contributed by atoms with E-state index in [0.29, 0.717) is 42.1 Å². The molecule has 41 heavy (non-hydrogen) atoms. The van der Waals surface area contributed by atoms with Gasteiger partial charge in [0.1, 0.15) is 12.3 Å². The minimum absolute atomic E-state index is 0.173. The average Bonchev–Trinajstić information content (AvgIpc) is 3.65. The SMILES string of the molecule is O=C(Cn1cc(Nc2ncc3ccc(OCCCN(CCO)C4CCCC4)cc3n2)cn1)Nc1cccc(F)c1F. The smallest absolute Gasteiger partial charge is 0.246 e. The van der Waals surface area contributed by atoms with Crippen molar-refractivity contribution in [1.82, 2.24) is 24.6 Å². The van der Waals surface area contributed by atoms with E-state index < -0.39 is 17.5 Å². The van der Waals surface area contributed by atoms with Crippen LogP contribution in [0.3, 0.4) is 0 Å². The van der Waals surface area contributed by atoms with Crippen molar-refractivity contribution in [3.63, 3.8) is 0 Å². The molecular formula is C29H33F2N7O3. The fourth-order valence-corrected chi connectivity index (χ4v) is 5.07. The lowest BCUT2D eigenvalue weighted by molar-refractivity contribution is -0.116. The zero-order valence-corrected chi connectivity index (χ0v) is 22.6. The van der Waals surface area contributed by atoms with Crippen LogP contribution in [0.5, 0.6) is 5.75 Å². The molecule has 0 unspecified atom stereocenters. The van der Waals surface area contributed by atoms with Crippen LogP contribution in [-0.4, -0.2) is 68.0 Å². The summed E-state index contributed by atoms with van der Waals surface area (Å²) in [5.41, 5.74) is 1.02. The van der Waals surface area contributed by atoms with E-state index in [9.17, 15) is 18.7 Å². The number of hydrogen-bond donors (Lipinski definition) is 3. The van der Waals surface area contributed by atoms with Gasteiger partial charge in [-0.15, -0.1) is 0 Å². The lowest BCUT2D eigenvalue weighted by Crippen LogP contribution is -2.36. The monoisotopic (exact) mass is 565 g/mol. The number of ether oxygens (including phenoxy) is 1. The van der Waals surface area contributed by atoms with E-state index in [2.05, 4.69) is 30.6 Å². The van der Waals surface area contributed by atoms with E-state index in [1.165, 1.54) is 48.7 Å². The number of fused-ring (bicyclic) bond motifs is 1. The summed E-state index contributed by atoms with van der Waals surface area (Å²) in [6, 6.07) is 9.81. The van der Waals surface area contributed by atoms with Gasteiger partial charge in [-0.1, -0.05) is 18.9 Å². The number of anilines is 3. The largest absolute Gasteiger partial charge is 0.493 e. The summed E-state index contributed by atoms with van der Waals surface area (Å²) in [4.78, 5) is 23.6. The van der Waals surface area contributed by atoms with E-state index in [-0.39, 0.29) is 18.8 Å². The molecule has 10 nitrogen and oxygen atoms in total. The molecule has 5 rings (SSSR count). The second-order valence-corrected chi connectivity index (χ2v) is 10.0. The van der Waals surface area contributed by atoms with E-state index in [1.54, 1.807) is 12.4 Å². The predicted molar refractivity (Wildman–Crippen MR) is 151 cm³/mol. The third-order valence-electron chi connectivity index (χ3n) is 7.06. The van der Waals surface area contributed by atoms with E-state index in [1.807, 2.05) is 18.2 Å². The van der Waals surface area contributed by atoms with Crippen LogP contribution in [0, 0.1) is 11.6 Å². The summed E-state index contributed by atoms with van der Waals surface area (Å²) in [6.45, 7) is 2.14. The number of rotatable bonds is 13. The number of aliphatic hydroxyl groups is 1. The molecule has 4 aromatic rings. The van der Waals surface area contributed by atoms with Gasteiger partial charge in [-0.2, -0.15) is 5.10 Å². The van der Waals surface area contributed by atoms with Crippen LogP contribution in [0.4, 0.5) is 26.1 Å². The van der Waals surface area contributed by atoms with Crippen LogP contribution in [0.2, 0.25) is 0 Å². The first-order valence-electron chi connectivity index (χ1n) is 13.8. The average molecular weight is 566 g/mol. The summed E-state index contributed by atoms with van der Waals surface area (Å²) >= 11 is 0. The van der Waals surface area contributed by atoms with E-state index in [4.69, 9.17) is 4.74 Å². The molecule has 2 heterocycles. The van der Waals surface area contributed by atoms with Crippen LogP contribution in [-0.2, 0) is 11.3 Å². The Kier molecular flexibility index (Phi) is 9.32. The molecule has 1 saturated carbocycles. The summed E-state index contributed by atoms with van der Waals surface area (Å²) in [7, 11) is 0. The maximum Gasteiger partial charge on any atom is 0.246 e. The second-order valence-electron chi connectivity index (χ2n) is 10.0. The molecule has 216 valence electrons. The number of benzene rings is 2. The second kappa shape index (κ2) is 13.5. The minimum Gasteiger partial charge on any atom is -0.493 e. The molecule has 12 heteroatoms. The molecule has 0 bridgehead atoms. The van der Waals surface area contributed by atoms with Crippen LogP contribution < -0.4 is 15.4 Å². The molecule has 2 aromatic heterocycles. The quantitative estimate of drug-likeness (QED) is 0.203. The van der Waals surface area contributed by atoms with Gasteiger partial charge >= 0.3 is 0 Å². The molecule has 1 amide bonds. The van der Waals surface area contributed by atoms with Gasteiger partial charge in [0.05, 0.1) is 36.3 Å². The number of aromatic nitrogens is 4. The fraction of sp³-hybridized carbons (Fsp3) is 0.379. The van der Waals surface area contributed by atoms with Crippen molar-refractivity contribution in [2.75, 3.05) is 36.9 Å². The number of carbonyl (C=O) groups is 1. The highest BCUT2D eigenvalue weighted by molar-refractivity contribution is 5.90. The number of halogens is 2. The van der Waals surface area contributed by atoms with Crippen LogP contribution in [0.1, 0.15) is 32.1 Å². The van der Waals surface area contributed by atoms with Crippen molar-refractivity contribution in [2.24, 2.45) is 0 Å². The first-order chi connectivity index (χ1) is 20.0. The predicted octanol–water partition coefficient (Wildman–Crippen LogP) is 4.49. The summed E-state index contributed by atoms with van der Waals surface area (Å²) in [6.07, 6.45) is 10.6. The molecule has 0 saturated heterocycles. The maximum atomic E-state index is 13.8. The molecule has 3 N–H and O–H groups in total.